The lowest BCUT2D eigenvalue weighted by Gasteiger charge is -2.07. The summed E-state index contributed by atoms with van der Waals surface area (Å²) >= 11 is 4.28. The maximum atomic E-state index is 12.3. The van der Waals surface area contributed by atoms with E-state index in [-0.39, 0.29) is 17.1 Å². The van der Waals surface area contributed by atoms with E-state index in [0.29, 0.717) is 16.4 Å². The Labute approximate surface area is 179 Å². The van der Waals surface area contributed by atoms with Crippen LogP contribution in [0.4, 0.5) is 10.8 Å². The maximum absolute atomic E-state index is 12.3. The summed E-state index contributed by atoms with van der Waals surface area (Å²) in [6, 6.07) is 14.7. The van der Waals surface area contributed by atoms with Crippen molar-refractivity contribution in [1.82, 2.24) is 9.97 Å². The van der Waals surface area contributed by atoms with Gasteiger partial charge in [0.25, 0.3) is 5.91 Å². The van der Waals surface area contributed by atoms with Crippen molar-refractivity contribution >= 4 is 67.3 Å². The average molecular weight is 441 g/mol. The first kappa shape index (κ1) is 19.6. The Kier molecular flexibility index (Phi) is 5.89. The third-order valence-corrected chi connectivity index (χ3v) is 6.87. The number of amides is 2. The van der Waals surface area contributed by atoms with Crippen molar-refractivity contribution < 1.29 is 9.59 Å². The van der Waals surface area contributed by atoms with Gasteiger partial charge < -0.3 is 10.6 Å². The molecule has 9 heteroatoms. The lowest BCUT2D eigenvalue weighted by molar-refractivity contribution is -0.115. The van der Waals surface area contributed by atoms with Gasteiger partial charge in [-0.05, 0) is 37.3 Å². The molecule has 6 nitrogen and oxygen atoms in total. The first-order valence-corrected chi connectivity index (χ1v) is 11.3. The van der Waals surface area contributed by atoms with E-state index in [1.54, 1.807) is 18.3 Å². The van der Waals surface area contributed by atoms with Crippen molar-refractivity contribution in [3.8, 4) is 0 Å². The highest BCUT2D eigenvalue weighted by molar-refractivity contribution is 8.02. The Morgan fingerprint density at radius 3 is 2.69 bits per heavy atom. The van der Waals surface area contributed by atoms with Crippen molar-refractivity contribution in [2.75, 3.05) is 10.6 Å². The smallest absolute Gasteiger partial charge is 0.255 e. The van der Waals surface area contributed by atoms with Crippen molar-refractivity contribution in [2.24, 2.45) is 0 Å². The van der Waals surface area contributed by atoms with Crippen molar-refractivity contribution in [1.29, 1.82) is 0 Å². The quantitative estimate of drug-likeness (QED) is 0.406. The van der Waals surface area contributed by atoms with Crippen LogP contribution in [0.3, 0.4) is 0 Å². The van der Waals surface area contributed by atoms with Crippen LogP contribution in [0.15, 0.2) is 64.4 Å². The summed E-state index contributed by atoms with van der Waals surface area (Å²) < 4.78 is 1.75. The molecular formula is C20H16N4O2S3. The van der Waals surface area contributed by atoms with E-state index in [1.165, 1.54) is 34.4 Å². The van der Waals surface area contributed by atoms with Crippen molar-refractivity contribution in [3.05, 3.63) is 65.7 Å². The van der Waals surface area contributed by atoms with Crippen molar-refractivity contribution in [3.63, 3.8) is 0 Å². The van der Waals surface area contributed by atoms with Crippen LogP contribution in [0.2, 0.25) is 0 Å². The Balaban J connectivity index is 1.44. The molecule has 2 amide bonds. The monoisotopic (exact) mass is 440 g/mol. The summed E-state index contributed by atoms with van der Waals surface area (Å²) in [7, 11) is 0. The number of anilines is 2. The average Bonchev–Trinajstić information content (AvgIpc) is 3.37. The Hall–Kier alpha value is -2.75. The standard InChI is InChI=1S/C20H16N4O2S3/c1-12(17(25)24-19-21-9-10-27-19)28-20-23-15-8-7-14(11-16(15)29-20)22-18(26)13-5-3-2-4-6-13/h2-12H,1H3,(H,22,26)(H,21,24,25)/t12-/m0/s1. The highest BCUT2D eigenvalue weighted by Crippen LogP contribution is 2.33. The molecule has 146 valence electrons. The molecule has 0 saturated heterocycles. The molecule has 2 aromatic heterocycles. The first-order valence-electron chi connectivity index (χ1n) is 8.72. The number of rotatable bonds is 6. The summed E-state index contributed by atoms with van der Waals surface area (Å²) in [5, 5.41) is 7.80. The Morgan fingerprint density at radius 1 is 1.10 bits per heavy atom. The Morgan fingerprint density at radius 2 is 1.93 bits per heavy atom. The minimum absolute atomic E-state index is 0.111. The summed E-state index contributed by atoms with van der Waals surface area (Å²) in [5.74, 6) is -0.267. The number of thiazole rings is 2. The fraction of sp³-hybridized carbons (Fsp3) is 0.100. The van der Waals surface area contributed by atoms with Gasteiger partial charge in [-0.25, -0.2) is 9.97 Å². The normalized spacial score (nSPS) is 11.9. The van der Waals surface area contributed by atoms with Gasteiger partial charge in [0.1, 0.15) is 0 Å². The summed E-state index contributed by atoms with van der Waals surface area (Å²) in [6.07, 6.45) is 1.65. The SMILES string of the molecule is C[C@H](Sc1nc2ccc(NC(=O)c3ccccc3)cc2s1)C(=O)Nc1nccs1. The van der Waals surface area contributed by atoms with Gasteiger partial charge in [0, 0.05) is 22.8 Å². The molecule has 0 aliphatic heterocycles. The highest BCUT2D eigenvalue weighted by Gasteiger charge is 2.18. The number of carbonyl (C=O) groups is 2. The van der Waals surface area contributed by atoms with E-state index in [0.717, 1.165) is 14.6 Å². The molecular weight excluding hydrogens is 424 g/mol. The lowest BCUT2D eigenvalue weighted by Crippen LogP contribution is -2.22. The number of fused-ring (bicyclic) bond motifs is 1. The fourth-order valence-electron chi connectivity index (χ4n) is 2.52. The second-order valence-corrected chi connectivity index (χ2v) is 9.58. The molecule has 0 aliphatic rings. The lowest BCUT2D eigenvalue weighted by atomic mass is 10.2. The summed E-state index contributed by atoms with van der Waals surface area (Å²) in [5.41, 5.74) is 2.15. The molecule has 0 aliphatic carbocycles. The molecule has 2 N–H and O–H groups in total. The number of benzene rings is 2. The number of hydrogen-bond donors (Lipinski definition) is 2. The zero-order chi connectivity index (χ0) is 20.2. The summed E-state index contributed by atoms with van der Waals surface area (Å²) in [6.45, 7) is 1.84. The van der Waals surface area contributed by atoms with E-state index in [2.05, 4.69) is 20.6 Å². The van der Waals surface area contributed by atoms with E-state index < -0.39 is 0 Å². The van der Waals surface area contributed by atoms with E-state index in [9.17, 15) is 9.59 Å². The van der Waals surface area contributed by atoms with Crippen LogP contribution in [-0.4, -0.2) is 27.0 Å². The third kappa shape index (κ3) is 4.81. The molecule has 4 rings (SSSR count). The molecule has 4 aromatic rings. The molecule has 2 heterocycles. The van der Waals surface area contributed by atoms with Crippen LogP contribution in [0.25, 0.3) is 10.2 Å². The van der Waals surface area contributed by atoms with Gasteiger partial charge in [-0.3, -0.25) is 9.59 Å². The number of nitrogens with zero attached hydrogens (tertiary/aromatic N) is 2. The minimum atomic E-state index is -0.309. The molecule has 1 atom stereocenters. The van der Waals surface area contributed by atoms with Crippen LogP contribution in [0.5, 0.6) is 0 Å². The number of nitrogens with one attached hydrogen (secondary N) is 2. The van der Waals surface area contributed by atoms with Crippen LogP contribution in [0.1, 0.15) is 17.3 Å². The zero-order valence-corrected chi connectivity index (χ0v) is 17.7. The molecule has 0 fully saturated rings. The fourth-order valence-corrected chi connectivity index (χ4v) is 5.30. The van der Waals surface area contributed by atoms with Crippen molar-refractivity contribution in [2.45, 2.75) is 16.5 Å². The van der Waals surface area contributed by atoms with Gasteiger partial charge in [0.2, 0.25) is 5.91 Å². The largest absolute Gasteiger partial charge is 0.322 e. The minimum Gasteiger partial charge on any atom is -0.322 e. The molecule has 2 aromatic carbocycles. The molecule has 0 unspecified atom stereocenters. The molecule has 29 heavy (non-hydrogen) atoms. The van der Waals surface area contributed by atoms with Gasteiger partial charge in [-0.1, -0.05) is 30.0 Å². The molecule has 0 radical (unpaired) electrons. The van der Waals surface area contributed by atoms with Crippen LogP contribution in [0, 0.1) is 0 Å². The summed E-state index contributed by atoms with van der Waals surface area (Å²) in [4.78, 5) is 33.3. The van der Waals surface area contributed by atoms with Crippen LogP contribution < -0.4 is 10.6 Å². The number of carbonyl (C=O) groups excluding carboxylic acids is 2. The second kappa shape index (κ2) is 8.73. The van der Waals surface area contributed by atoms with Crippen LogP contribution in [-0.2, 0) is 4.79 Å². The predicted octanol–water partition coefficient (Wildman–Crippen LogP) is 5.12. The van der Waals surface area contributed by atoms with Crippen LogP contribution >= 0.6 is 34.4 Å². The number of hydrogen-bond acceptors (Lipinski definition) is 7. The van der Waals surface area contributed by atoms with Gasteiger partial charge >= 0.3 is 0 Å². The number of aromatic nitrogens is 2. The van der Waals surface area contributed by atoms with Gasteiger partial charge in [0.05, 0.1) is 15.5 Å². The molecule has 0 bridgehead atoms. The Bertz CT molecular complexity index is 1140. The first-order chi connectivity index (χ1) is 14.1. The van der Waals surface area contributed by atoms with Gasteiger partial charge in [-0.2, -0.15) is 0 Å². The van der Waals surface area contributed by atoms with E-state index >= 15 is 0 Å². The highest BCUT2D eigenvalue weighted by atomic mass is 32.2. The molecule has 0 saturated carbocycles. The number of thioether (sulfide) groups is 1. The van der Waals surface area contributed by atoms with E-state index in [1.807, 2.05) is 48.7 Å². The molecule has 0 spiro atoms. The predicted molar refractivity (Wildman–Crippen MR) is 120 cm³/mol. The van der Waals surface area contributed by atoms with Gasteiger partial charge in [0.15, 0.2) is 9.47 Å². The second-order valence-electron chi connectivity index (χ2n) is 6.07. The maximum Gasteiger partial charge on any atom is 0.255 e. The topological polar surface area (TPSA) is 84.0 Å². The zero-order valence-electron chi connectivity index (χ0n) is 15.3. The third-order valence-electron chi connectivity index (χ3n) is 3.97. The van der Waals surface area contributed by atoms with E-state index in [4.69, 9.17) is 0 Å². The van der Waals surface area contributed by atoms with Gasteiger partial charge in [-0.15, -0.1) is 22.7 Å².